The number of hydrogen-bond acceptors (Lipinski definition) is 5. The summed E-state index contributed by atoms with van der Waals surface area (Å²) in [5.74, 6) is 1.04. The maximum atomic E-state index is 12.5. The van der Waals surface area contributed by atoms with E-state index in [1.807, 2.05) is 49.9 Å². The van der Waals surface area contributed by atoms with Crippen molar-refractivity contribution in [3.63, 3.8) is 0 Å². The highest BCUT2D eigenvalue weighted by Crippen LogP contribution is 2.29. The zero-order valence-corrected chi connectivity index (χ0v) is 18.2. The van der Waals surface area contributed by atoms with Crippen molar-refractivity contribution >= 4 is 17.0 Å². The van der Waals surface area contributed by atoms with Gasteiger partial charge in [-0.1, -0.05) is 12.1 Å². The molecule has 7 heteroatoms. The predicted octanol–water partition coefficient (Wildman–Crippen LogP) is 3.50. The van der Waals surface area contributed by atoms with E-state index in [9.17, 15) is 9.59 Å². The van der Waals surface area contributed by atoms with E-state index in [1.165, 1.54) is 0 Å². The molecule has 7 nitrogen and oxygen atoms in total. The number of aromatic amines is 1. The molecular formula is C23H32N4O3. The van der Waals surface area contributed by atoms with Crippen molar-refractivity contribution in [2.24, 2.45) is 0 Å². The zero-order chi connectivity index (χ0) is 21.3. The van der Waals surface area contributed by atoms with Gasteiger partial charge in [0.2, 0.25) is 0 Å². The number of carbonyl (C=O) groups excluding carboxylic acids is 1. The quantitative estimate of drug-likeness (QED) is 0.817. The van der Waals surface area contributed by atoms with E-state index in [4.69, 9.17) is 9.72 Å². The Bertz CT molecular complexity index is 957. The van der Waals surface area contributed by atoms with Gasteiger partial charge < -0.3 is 14.6 Å². The van der Waals surface area contributed by atoms with E-state index in [0.717, 1.165) is 63.2 Å². The van der Waals surface area contributed by atoms with Gasteiger partial charge in [0.15, 0.2) is 0 Å². The van der Waals surface area contributed by atoms with Crippen molar-refractivity contribution in [1.29, 1.82) is 0 Å². The third kappa shape index (κ3) is 4.67. The van der Waals surface area contributed by atoms with Gasteiger partial charge in [-0.05, 0) is 65.1 Å². The summed E-state index contributed by atoms with van der Waals surface area (Å²) in [6, 6.07) is 7.96. The second-order valence-electron chi connectivity index (χ2n) is 9.50. The van der Waals surface area contributed by atoms with Gasteiger partial charge in [-0.25, -0.2) is 9.78 Å². The summed E-state index contributed by atoms with van der Waals surface area (Å²) >= 11 is 0. The number of hydrogen-bond donors (Lipinski definition) is 1. The van der Waals surface area contributed by atoms with Crippen molar-refractivity contribution in [3.05, 3.63) is 40.4 Å². The monoisotopic (exact) mass is 412 g/mol. The van der Waals surface area contributed by atoms with E-state index < -0.39 is 5.60 Å². The van der Waals surface area contributed by atoms with Crippen LogP contribution in [0.3, 0.4) is 0 Å². The molecule has 2 aliphatic rings. The van der Waals surface area contributed by atoms with Gasteiger partial charge in [-0.15, -0.1) is 0 Å². The average Bonchev–Trinajstić information content (AvgIpc) is 2.73. The smallest absolute Gasteiger partial charge is 0.410 e. The first-order valence-corrected chi connectivity index (χ1v) is 11.0. The number of para-hydroxylation sites is 1. The summed E-state index contributed by atoms with van der Waals surface area (Å²) in [6.45, 7) is 9.12. The fourth-order valence-corrected chi connectivity index (χ4v) is 4.60. The molecule has 3 heterocycles. The minimum absolute atomic E-state index is 0.0570. The van der Waals surface area contributed by atoms with Crippen molar-refractivity contribution in [1.82, 2.24) is 19.8 Å². The highest BCUT2D eigenvalue weighted by Gasteiger charge is 2.32. The van der Waals surface area contributed by atoms with Gasteiger partial charge in [-0.3, -0.25) is 9.69 Å². The van der Waals surface area contributed by atoms with Gasteiger partial charge in [-0.2, -0.15) is 0 Å². The van der Waals surface area contributed by atoms with E-state index in [-0.39, 0.29) is 17.6 Å². The lowest BCUT2D eigenvalue weighted by molar-refractivity contribution is 0.0123. The molecule has 1 aromatic heterocycles. The van der Waals surface area contributed by atoms with Gasteiger partial charge >= 0.3 is 6.09 Å². The molecule has 0 aliphatic carbocycles. The van der Waals surface area contributed by atoms with Crippen LogP contribution in [0.5, 0.6) is 0 Å². The number of likely N-dealkylation sites (tertiary alicyclic amines) is 2. The van der Waals surface area contributed by atoms with Crippen LogP contribution in [0.15, 0.2) is 29.1 Å². The number of rotatable bonds is 2. The Labute approximate surface area is 177 Å². The molecule has 2 fully saturated rings. The Morgan fingerprint density at radius 3 is 2.60 bits per heavy atom. The third-order valence-electron chi connectivity index (χ3n) is 6.10. The number of benzene rings is 1. The van der Waals surface area contributed by atoms with Crippen LogP contribution in [0.2, 0.25) is 0 Å². The Morgan fingerprint density at radius 1 is 1.13 bits per heavy atom. The molecular weight excluding hydrogens is 380 g/mol. The molecule has 1 unspecified atom stereocenters. The van der Waals surface area contributed by atoms with E-state index in [1.54, 1.807) is 0 Å². The normalized spacial score (nSPS) is 21.7. The average molecular weight is 413 g/mol. The van der Waals surface area contributed by atoms with Crippen LogP contribution < -0.4 is 5.56 Å². The number of carbonyl (C=O) groups is 1. The van der Waals surface area contributed by atoms with Crippen LogP contribution in [-0.4, -0.2) is 63.7 Å². The number of nitrogens with zero attached hydrogens (tertiary/aromatic N) is 3. The molecule has 30 heavy (non-hydrogen) atoms. The van der Waals surface area contributed by atoms with Crippen molar-refractivity contribution in [2.75, 3.05) is 26.2 Å². The number of fused-ring (bicyclic) bond motifs is 1. The SMILES string of the molecule is CC(C)(C)OC(=O)N1CCC(N2CCCC(c3nc4ccccc4c(=O)[nH]3)C2)CC1. The molecule has 0 saturated carbocycles. The van der Waals surface area contributed by atoms with Crippen LogP contribution in [0.1, 0.15) is 58.2 Å². The standard InChI is InChI=1S/C23H32N4O3/c1-23(2,3)30-22(29)26-13-10-17(11-14-26)27-12-6-7-16(15-27)20-24-19-9-5-4-8-18(19)21(28)25-20/h4-5,8-9,16-17H,6-7,10-15H2,1-3H3,(H,24,25,28). The van der Waals surface area contributed by atoms with E-state index in [2.05, 4.69) is 9.88 Å². The number of ether oxygens (including phenoxy) is 1. The lowest BCUT2D eigenvalue weighted by atomic mass is 9.93. The van der Waals surface area contributed by atoms with Crippen molar-refractivity contribution in [2.45, 2.75) is 64.0 Å². The number of nitrogens with one attached hydrogen (secondary N) is 1. The summed E-state index contributed by atoms with van der Waals surface area (Å²) < 4.78 is 5.51. The van der Waals surface area contributed by atoms with Gasteiger partial charge in [0.05, 0.1) is 10.9 Å². The molecule has 2 saturated heterocycles. The number of amides is 1. The Kier molecular flexibility index (Phi) is 5.82. The Hall–Kier alpha value is -2.41. The molecule has 1 atom stereocenters. The largest absolute Gasteiger partial charge is 0.444 e. The van der Waals surface area contributed by atoms with Crippen LogP contribution in [-0.2, 0) is 4.74 Å². The number of H-pyrrole nitrogens is 1. The molecule has 2 aromatic rings. The first-order valence-electron chi connectivity index (χ1n) is 11.0. The highest BCUT2D eigenvalue weighted by atomic mass is 16.6. The maximum absolute atomic E-state index is 12.5. The molecule has 0 spiro atoms. The van der Waals surface area contributed by atoms with Crippen molar-refractivity contribution in [3.8, 4) is 0 Å². The number of piperidine rings is 2. The van der Waals surface area contributed by atoms with Gasteiger partial charge in [0.25, 0.3) is 5.56 Å². The fourth-order valence-electron chi connectivity index (χ4n) is 4.60. The summed E-state index contributed by atoms with van der Waals surface area (Å²) in [7, 11) is 0. The third-order valence-corrected chi connectivity index (χ3v) is 6.10. The molecule has 2 aliphatic heterocycles. The van der Waals surface area contributed by atoms with Gasteiger partial charge in [0.1, 0.15) is 11.4 Å². The highest BCUT2D eigenvalue weighted by molar-refractivity contribution is 5.77. The molecule has 162 valence electrons. The Balaban J connectivity index is 1.39. The first kappa shape index (κ1) is 20.8. The molecule has 1 N–H and O–H groups in total. The van der Waals surface area contributed by atoms with Crippen molar-refractivity contribution < 1.29 is 9.53 Å². The topological polar surface area (TPSA) is 78.5 Å². The summed E-state index contributed by atoms with van der Waals surface area (Å²) in [4.78, 5) is 36.9. The van der Waals surface area contributed by atoms with E-state index >= 15 is 0 Å². The van der Waals surface area contributed by atoms with Crippen LogP contribution in [0.25, 0.3) is 10.9 Å². The molecule has 0 bridgehead atoms. The van der Waals surface area contributed by atoms with Crippen LogP contribution in [0, 0.1) is 0 Å². The molecule has 1 amide bonds. The lowest BCUT2D eigenvalue weighted by Gasteiger charge is -2.42. The van der Waals surface area contributed by atoms with Crippen LogP contribution in [0.4, 0.5) is 4.79 Å². The summed E-state index contributed by atoms with van der Waals surface area (Å²) in [5.41, 5.74) is 0.245. The predicted molar refractivity (Wildman–Crippen MR) is 117 cm³/mol. The second kappa shape index (κ2) is 8.38. The lowest BCUT2D eigenvalue weighted by Crippen LogP contribution is -2.50. The Morgan fingerprint density at radius 2 is 1.87 bits per heavy atom. The first-order chi connectivity index (χ1) is 14.3. The minimum atomic E-state index is -0.461. The number of aromatic nitrogens is 2. The maximum Gasteiger partial charge on any atom is 0.410 e. The van der Waals surface area contributed by atoms with Gasteiger partial charge in [0, 0.05) is 31.6 Å². The second-order valence-corrected chi connectivity index (χ2v) is 9.50. The molecule has 1 aromatic carbocycles. The summed E-state index contributed by atoms with van der Waals surface area (Å²) in [6.07, 6.45) is 3.82. The summed E-state index contributed by atoms with van der Waals surface area (Å²) in [5, 5.41) is 0.642. The zero-order valence-electron chi connectivity index (χ0n) is 18.2. The fraction of sp³-hybridized carbons (Fsp3) is 0.609. The molecule has 4 rings (SSSR count). The van der Waals surface area contributed by atoms with Crippen LogP contribution >= 0.6 is 0 Å². The minimum Gasteiger partial charge on any atom is -0.444 e. The molecule has 0 radical (unpaired) electrons. The van der Waals surface area contributed by atoms with E-state index in [0.29, 0.717) is 11.4 Å².